The summed E-state index contributed by atoms with van der Waals surface area (Å²) < 4.78 is 23.8. The molecule has 2 heterocycles. The van der Waals surface area contributed by atoms with E-state index in [0.29, 0.717) is 12.8 Å². The highest BCUT2D eigenvalue weighted by Gasteiger charge is 2.90. The summed E-state index contributed by atoms with van der Waals surface area (Å²) in [6.07, 6.45) is 3.29. The van der Waals surface area contributed by atoms with Gasteiger partial charge in [0, 0.05) is 47.5 Å². The minimum atomic E-state index is -0.813. The van der Waals surface area contributed by atoms with E-state index in [0.717, 1.165) is 18.4 Å². The summed E-state index contributed by atoms with van der Waals surface area (Å²) in [6, 6.07) is 1.87. The number of aliphatic hydroxyl groups is 1. The lowest BCUT2D eigenvalue weighted by Gasteiger charge is -2.70. The van der Waals surface area contributed by atoms with Crippen LogP contribution in [0.5, 0.6) is 0 Å². The molecule has 5 aliphatic rings. The van der Waals surface area contributed by atoms with Gasteiger partial charge in [-0.2, -0.15) is 0 Å². The molecule has 1 aromatic rings. The van der Waals surface area contributed by atoms with Gasteiger partial charge < -0.3 is 23.7 Å². The van der Waals surface area contributed by atoms with E-state index in [1.807, 2.05) is 6.07 Å². The molecule has 208 valence electrons. The average Bonchev–Trinajstić information content (AvgIpc) is 3.30. The Morgan fingerprint density at radius 3 is 2.26 bits per heavy atom. The van der Waals surface area contributed by atoms with Crippen LogP contribution in [0, 0.1) is 33.5 Å². The normalized spacial score (nSPS) is 50.2. The second-order valence-corrected chi connectivity index (χ2v) is 13.8. The average molecular weight is 529 g/mol. The van der Waals surface area contributed by atoms with Crippen LogP contribution in [0.25, 0.3) is 0 Å². The summed E-state index contributed by atoms with van der Waals surface area (Å²) >= 11 is 0. The van der Waals surface area contributed by atoms with Crippen LogP contribution in [0.4, 0.5) is 0 Å². The molecule has 0 radical (unpaired) electrons. The Morgan fingerprint density at radius 1 is 1.00 bits per heavy atom. The number of rotatable bonds is 3. The van der Waals surface area contributed by atoms with Gasteiger partial charge in [0.25, 0.3) is 0 Å². The Bertz CT molecular complexity index is 1190. The standard InChI is InChI=1S/C30H40O8/c1-15(31)36-21-13-20(33)28(6)18-8-10-27(5)23(17-9-11-35-14-17)24(34)25-30(27,38-25)29(18,7)22(37-16(2)32)12-19(28)26(21,3)4/h9,11,14,18-23,25,33H,8,10,12-13H2,1-7H3/t18-,19-,20-,21-,22+,23-,25+,27+,28+,29+,30+/m0/s1. The van der Waals surface area contributed by atoms with Crippen molar-refractivity contribution in [2.24, 2.45) is 33.5 Å². The van der Waals surface area contributed by atoms with Crippen LogP contribution in [-0.2, 0) is 28.6 Å². The number of furan rings is 1. The first kappa shape index (κ1) is 26.1. The number of esters is 2. The van der Waals surface area contributed by atoms with Gasteiger partial charge in [-0.3, -0.25) is 14.4 Å². The molecule has 0 aromatic carbocycles. The van der Waals surface area contributed by atoms with E-state index < -0.39 is 51.7 Å². The molecule has 0 unspecified atom stereocenters. The number of aliphatic hydroxyl groups excluding tert-OH is 1. The van der Waals surface area contributed by atoms with Crippen LogP contribution in [0.2, 0.25) is 0 Å². The number of fused-ring (bicyclic) bond motifs is 3. The zero-order chi connectivity index (χ0) is 27.6. The third-order valence-corrected chi connectivity index (χ3v) is 12.1. The number of carbonyl (C=O) groups excluding carboxylic acids is 3. The minimum Gasteiger partial charge on any atom is -0.472 e. The fourth-order valence-electron chi connectivity index (χ4n) is 10.6. The summed E-state index contributed by atoms with van der Waals surface area (Å²) in [6.45, 7) is 13.4. The van der Waals surface area contributed by atoms with Gasteiger partial charge in [-0.25, -0.2) is 0 Å². The number of epoxide rings is 1. The second-order valence-electron chi connectivity index (χ2n) is 13.8. The second kappa shape index (κ2) is 7.72. The van der Waals surface area contributed by atoms with Crippen LogP contribution in [0.15, 0.2) is 23.0 Å². The first-order valence-corrected chi connectivity index (χ1v) is 13.9. The Morgan fingerprint density at radius 2 is 1.66 bits per heavy atom. The van der Waals surface area contributed by atoms with Crippen molar-refractivity contribution in [1.82, 2.24) is 0 Å². The predicted octanol–water partition coefficient (Wildman–Crippen LogP) is 4.19. The first-order valence-electron chi connectivity index (χ1n) is 13.9. The van der Waals surface area contributed by atoms with E-state index in [4.69, 9.17) is 18.6 Å². The lowest BCUT2D eigenvalue weighted by atomic mass is 9.35. The van der Waals surface area contributed by atoms with E-state index in [-0.39, 0.29) is 35.5 Å². The lowest BCUT2D eigenvalue weighted by Crippen LogP contribution is -2.73. The molecule has 1 saturated heterocycles. The predicted molar refractivity (Wildman–Crippen MR) is 135 cm³/mol. The first-order chi connectivity index (χ1) is 17.7. The minimum absolute atomic E-state index is 0.0593. The van der Waals surface area contributed by atoms with Crippen LogP contribution < -0.4 is 0 Å². The third kappa shape index (κ3) is 2.81. The highest BCUT2D eigenvalue weighted by Crippen LogP contribution is 2.82. The van der Waals surface area contributed by atoms with Gasteiger partial charge in [0.05, 0.1) is 24.5 Å². The highest BCUT2D eigenvalue weighted by molar-refractivity contribution is 5.98. The summed E-state index contributed by atoms with van der Waals surface area (Å²) in [5.41, 5.74) is -2.20. The molecule has 1 spiro atoms. The summed E-state index contributed by atoms with van der Waals surface area (Å²) in [5, 5.41) is 11.8. The SMILES string of the molecule is CC(=O)O[C@H]1C[C@H](O)[C@@]2(C)[C@@H](C[C@@H](OC(C)=O)[C@@]3(C)[C@H]2CC[C@]2(C)[C@@H](c4ccoc4)C(=O)[C@H]4O[C@@]432)C1(C)C. The Kier molecular flexibility index (Phi) is 5.29. The molecule has 1 N–H and O–H groups in total. The van der Waals surface area contributed by atoms with Crippen LogP contribution in [-0.4, -0.2) is 52.8 Å². The van der Waals surface area contributed by atoms with Crippen molar-refractivity contribution < 1.29 is 38.1 Å². The van der Waals surface area contributed by atoms with Crippen molar-refractivity contribution in [2.75, 3.05) is 0 Å². The molecule has 38 heavy (non-hydrogen) atoms. The lowest BCUT2D eigenvalue weighted by molar-refractivity contribution is -0.287. The van der Waals surface area contributed by atoms with Crippen molar-refractivity contribution in [3.05, 3.63) is 24.2 Å². The van der Waals surface area contributed by atoms with Gasteiger partial charge >= 0.3 is 11.9 Å². The number of carbonyl (C=O) groups is 3. The van der Waals surface area contributed by atoms with Crippen molar-refractivity contribution >= 4 is 17.7 Å². The maximum Gasteiger partial charge on any atom is 0.302 e. The number of hydrogen-bond donors (Lipinski definition) is 1. The van der Waals surface area contributed by atoms with Gasteiger partial charge in [-0.15, -0.1) is 0 Å². The quantitative estimate of drug-likeness (QED) is 0.459. The van der Waals surface area contributed by atoms with E-state index in [1.165, 1.54) is 13.8 Å². The van der Waals surface area contributed by atoms with Crippen LogP contribution >= 0.6 is 0 Å². The van der Waals surface area contributed by atoms with Crippen molar-refractivity contribution in [2.45, 2.75) is 110 Å². The van der Waals surface area contributed by atoms with Crippen LogP contribution in [0.3, 0.4) is 0 Å². The zero-order valence-corrected chi connectivity index (χ0v) is 23.4. The molecule has 11 atom stereocenters. The van der Waals surface area contributed by atoms with Gasteiger partial charge in [0.2, 0.25) is 0 Å². The number of ether oxygens (including phenoxy) is 3. The van der Waals surface area contributed by atoms with Crippen molar-refractivity contribution in [3.63, 3.8) is 0 Å². The maximum absolute atomic E-state index is 13.9. The largest absolute Gasteiger partial charge is 0.472 e. The molecule has 8 heteroatoms. The molecular weight excluding hydrogens is 488 g/mol. The maximum atomic E-state index is 13.9. The smallest absolute Gasteiger partial charge is 0.302 e. The van der Waals surface area contributed by atoms with E-state index >= 15 is 0 Å². The highest BCUT2D eigenvalue weighted by atomic mass is 16.6. The molecular formula is C30H40O8. The van der Waals surface area contributed by atoms with Gasteiger partial charge in [0.1, 0.15) is 23.9 Å². The fraction of sp³-hybridized carbons (Fsp3) is 0.767. The molecule has 8 nitrogen and oxygen atoms in total. The molecule has 1 aromatic heterocycles. The third-order valence-electron chi connectivity index (χ3n) is 12.1. The summed E-state index contributed by atoms with van der Waals surface area (Å²) in [5.74, 6) is -1.22. The molecule has 4 aliphatic carbocycles. The molecule has 0 amide bonds. The molecule has 4 saturated carbocycles. The van der Waals surface area contributed by atoms with Crippen molar-refractivity contribution in [1.29, 1.82) is 0 Å². The van der Waals surface area contributed by atoms with Gasteiger partial charge in [0.15, 0.2) is 5.78 Å². The Labute approximate surface area is 223 Å². The topological polar surface area (TPSA) is 116 Å². The summed E-state index contributed by atoms with van der Waals surface area (Å²) in [4.78, 5) is 38.4. The molecule has 0 bridgehead atoms. The van der Waals surface area contributed by atoms with Gasteiger partial charge in [-0.05, 0) is 37.2 Å². The van der Waals surface area contributed by atoms with Crippen LogP contribution in [0.1, 0.15) is 85.6 Å². The van der Waals surface area contributed by atoms with E-state index in [2.05, 4.69) is 34.6 Å². The fourth-order valence-corrected chi connectivity index (χ4v) is 10.6. The van der Waals surface area contributed by atoms with E-state index in [9.17, 15) is 19.5 Å². The van der Waals surface area contributed by atoms with Gasteiger partial charge in [-0.1, -0.05) is 34.6 Å². The van der Waals surface area contributed by atoms with Crippen molar-refractivity contribution in [3.8, 4) is 0 Å². The number of Topliss-reactive ketones (excluding diaryl/α,β-unsaturated/α-hetero) is 1. The monoisotopic (exact) mass is 528 g/mol. The zero-order valence-electron chi connectivity index (χ0n) is 23.4. The summed E-state index contributed by atoms with van der Waals surface area (Å²) in [7, 11) is 0. The molecule has 5 fully saturated rings. The Hall–Kier alpha value is -2.19. The molecule has 6 rings (SSSR count). The Balaban J connectivity index is 1.50. The van der Waals surface area contributed by atoms with E-state index in [1.54, 1.807) is 12.5 Å². The number of hydrogen-bond acceptors (Lipinski definition) is 8. The number of ketones is 1. The molecule has 1 aliphatic heterocycles.